The molecule has 6 heteroatoms. The van der Waals surface area contributed by atoms with Gasteiger partial charge in [0, 0.05) is 12.8 Å². The number of ether oxygens (including phenoxy) is 1. The third-order valence-corrected chi connectivity index (χ3v) is 18.7. The second-order valence-electron chi connectivity index (χ2n) is 27.4. The van der Waals surface area contributed by atoms with Crippen molar-refractivity contribution in [3.8, 4) is 0 Å². The fraction of sp³-hybridized carbons (Fsp3) is 0.901. The molecule has 2 atom stereocenters. The van der Waals surface area contributed by atoms with Gasteiger partial charge in [0.1, 0.15) is 0 Å². The summed E-state index contributed by atoms with van der Waals surface area (Å²) in [5.74, 6) is -0.0521. The van der Waals surface area contributed by atoms with Crippen molar-refractivity contribution in [1.29, 1.82) is 0 Å². The molecule has 2 unspecified atom stereocenters. The molecule has 87 heavy (non-hydrogen) atoms. The Hall–Kier alpha value is -1.92. The predicted octanol–water partition coefficient (Wildman–Crippen LogP) is 26.2. The number of nitrogens with one attached hydrogen (secondary N) is 1. The first kappa shape index (κ1) is 85.1. The number of aliphatic hydroxyl groups is 2. The molecule has 0 aliphatic heterocycles. The van der Waals surface area contributed by atoms with Gasteiger partial charge in [0.2, 0.25) is 5.91 Å². The second-order valence-corrected chi connectivity index (χ2v) is 27.4. The maximum Gasteiger partial charge on any atom is 0.305 e. The van der Waals surface area contributed by atoms with Crippen LogP contribution in [0.5, 0.6) is 0 Å². The maximum absolute atomic E-state index is 12.6. The summed E-state index contributed by atoms with van der Waals surface area (Å²) in [5.41, 5.74) is 0. The van der Waals surface area contributed by atoms with Crippen LogP contribution in [-0.4, -0.2) is 47.4 Å². The van der Waals surface area contributed by atoms with Gasteiger partial charge < -0.3 is 20.3 Å². The summed E-state index contributed by atoms with van der Waals surface area (Å²) >= 11 is 0. The maximum atomic E-state index is 12.6. The van der Waals surface area contributed by atoms with Gasteiger partial charge in [0.05, 0.1) is 25.4 Å². The van der Waals surface area contributed by atoms with E-state index in [4.69, 9.17) is 4.74 Å². The average Bonchev–Trinajstić information content (AvgIpc) is 3.53. The Kier molecular flexibility index (Phi) is 74.8. The van der Waals surface area contributed by atoms with E-state index in [0.717, 1.165) is 51.4 Å². The van der Waals surface area contributed by atoms with Crippen LogP contribution in [0.25, 0.3) is 0 Å². The number of unbranched alkanes of at least 4 members (excludes halogenated alkanes) is 60. The first-order valence-corrected chi connectivity index (χ1v) is 39.8. The lowest BCUT2D eigenvalue weighted by molar-refractivity contribution is -0.143. The lowest BCUT2D eigenvalue weighted by Gasteiger charge is -2.20. The van der Waals surface area contributed by atoms with Gasteiger partial charge in [-0.15, -0.1) is 0 Å². The topological polar surface area (TPSA) is 95.9 Å². The fourth-order valence-corrected chi connectivity index (χ4v) is 12.6. The van der Waals surface area contributed by atoms with E-state index >= 15 is 0 Å². The zero-order valence-electron chi connectivity index (χ0n) is 59.0. The predicted molar refractivity (Wildman–Crippen MR) is 384 cm³/mol. The molecule has 514 valence electrons. The van der Waals surface area contributed by atoms with Gasteiger partial charge in [-0.25, -0.2) is 0 Å². The number of carbonyl (C=O) groups is 2. The first-order chi connectivity index (χ1) is 43.0. The number of allylic oxidation sites excluding steroid dienone is 5. The summed E-state index contributed by atoms with van der Waals surface area (Å²) in [5, 5.41) is 23.3. The van der Waals surface area contributed by atoms with Crippen LogP contribution >= 0.6 is 0 Å². The van der Waals surface area contributed by atoms with E-state index in [1.54, 1.807) is 6.08 Å². The SMILES string of the molecule is CCCCCC/C=C\C/C=C\CCCCCCCC(=O)OCCCCCCCCCCCCCCCCCCCCCCCCCCCCCCCCC(=O)NC(CO)C(O)/C=C/CCCCCCCCCCCCCCCCCCCCCCCC. The number of hydrogen-bond acceptors (Lipinski definition) is 5. The van der Waals surface area contributed by atoms with Crippen LogP contribution in [0.15, 0.2) is 36.5 Å². The molecule has 0 aliphatic rings. The van der Waals surface area contributed by atoms with Crippen molar-refractivity contribution in [3.63, 3.8) is 0 Å². The van der Waals surface area contributed by atoms with Crippen LogP contribution in [-0.2, 0) is 14.3 Å². The minimum atomic E-state index is -0.844. The van der Waals surface area contributed by atoms with E-state index in [2.05, 4.69) is 43.5 Å². The van der Waals surface area contributed by atoms with Crippen molar-refractivity contribution in [3.05, 3.63) is 36.5 Å². The van der Waals surface area contributed by atoms with Crippen molar-refractivity contribution in [2.75, 3.05) is 13.2 Å². The van der Waals surface area contributed by atoms with Crippen LogP contribution in [0.3, 0.4) is 0 Å². The van der Waals surface area contributed by atoms with Crippen LogP contribution in [0.4, 0.5) is 0 Å². The molecule has 0 aromatic heterocycles. The Morgan fingerprint density at radius 3 is 0.885 bits per heavy atom. The van der Waals surface area contributed by atoms with Gasteiger partial charge in [0.15, 0.2) is 0 Å². The molecule has 1 amide bonds. The van der Waals surface area contributed by atoms with Gasteiger partial charge in [0.25, 0.3) is 0 Å². The number of hydrogen-bond donors (Lipinski definition) is 3. The van der Waals surface area contributed by atoms with Crippen LogP contribution < -0.4 is 5.32 Å². The number of rotatable bonds is 75. The van der Waals surface area contributed by atoms with E-state index in [9.17, 15) is 19.8 Å². The molecule has 0 aliphatic carbocycles. The summed E-state index contributed by atoms with van der Waals surface area (Å²) in [6.45, 7) is 4.93. The Morgan fingerprint density at radius 1 is 0.322 bits per heavy atom. The Labute approximate surface area is 544 Å². The van der Waals surface area contributed by atoms with E-state index < -0.39 is 12.1 Å². The van der Waals surface area contributed by atoms with Crippen LogP contribution in [0.1, 0.15) is 444 Å². The molecule has 0 radical (unpaired) electrons. The fourth-order valence-electron chi connectivity index (χ4n) is 12.6. The van der Waals surface area contributed by atoms with Crippen LogP contribution in [0.2, 0.25) is 0 Å². The molecule has 0 rings (SSSR count). The zero-order chi connectivity index (χ0) is 62.8. The monoisotopic (exact) mass is 1220 g/mol. The largest absolute Gasteiger partial charge is 0.466 e. The number of amides is 1. The summed E-state index contributed by atoms with van der Waals surface area (Å²) in [6.07, 6.45) is 99.8. The number of esters is 1. The zero-order valence-corrected chi connectivity index (χ0v) is 59.0. The van der Waals surface area contributed by atoms with Crippen molar-refractivity contribution in [1.82, 2.24) is 5.32 Å². The van der Waals surface area contributed by atoms with Crippen LogP contribution in [0, 0.1) is 0 Å². The van der Waals surface area contributed by atoms with Crippen molar-refractivity contribution >= 4 is 11.9 Å². The lowest BCUT2D eigenvalue weighted by atomic mass is 10.0. The highest BCUT2D eigenvalue weighted by Gasteiger charge is 2.18. The molecule has 0 heterocycles. The van der Waals surface area contributed by atoms with E-state index in [1.165, 1.54) is 366 Å². The Bertz CT molecular complexity index is 1410. The highest BCUT2D eigenvalue weighted by molar-refractivity contribution is 5.76. The molecule has 0 aromatic carbocycles. The summed E-state index contributed by atoms with van der Waals surface area (Å²) in [7, 11) is 0. The molecule has 3 N–H and O–H groups in total. The summed E-state index contributed by atoms with van der Waals surface area (Å²) in [6, 6.07) is -0.627. The van der Waals surface area contributed by atoms with Gasteiger partial charge >= 0.3 is 5.97 Å². The molecule has 0 aromatic rings. The van der Waals surface area contributed by atoms with Crippen molar-refractivity contribution in [2.45, 2.75) is 456 Å². The lowest BCUT2D eigenvalue weighted by Crippen LogP contribution is -2.45. The molecular formula is C81H155NO5. The average molecular weight is 1220 g/mol. The second kappa shape index (κ2) is 76.5. The van der Waals surface area contributed by atoms with E-state index in [1.807, 2.05) is 6.08 Å². The van der Waals surface area contributed by atoms with E-state index in [0.29, 0.717) is 19.4 Å². The first-order valence-electron chi connectivity index (χ1n) is 39.8. The van der Waals surface area contributed by atoms with Crippen molar-refractivity contribution < 1.29 is 24.5 Å². The molecule has 0 bridgehead atoms. The normalized spacial score (nSPS) is 12.6. The molecule has 0 spiro atoms. The molecular weight excluding hydrogens is 1070 g/mol. The smallest absolute Gasteiger partial charge is 0.305 e. The highest BCUT2D eigenvalue weighted by atomic mass is 16.5. The van der Waals surface area contributed by atoms with Gasteiger partial charge in [-0.05, 0) is 64.2 Å². The molecule has 0 fully saturated rings. The number of aliphatic hydroxyl groups excluding tert-OH is 2. The number of carbonyl (C=O) groups excluding carboxylic acids is 2. The Balaban J connectivity index is 3.37. The Morgan fingerprint density at radius 2 is 0.575 bits per heavy atom. The van der Waals surface area contributed by atoms with Gasteiger partial charge in [-0.2, -0.15) is 0 Å². The van der Waals surface area contributed by atoms with E-state index in [-0.39, 0.29) is 18.5 Å². The highest BCUT2D eigenvalue weighted by Crippen LogP contribution is 2.20. The molecule has 0 saturated carbocycles. The molecule has 0 saturated heterocycles. The molecule has 6 nitrogen and oxygen atoms in total. The van der Waals surface area contributed by atoms with Gasteiger partial charge in [-0.3, -0.25) is 9.59 Å². The quantitative estimate of drug-likeness (QED) is 0.0320. The third kappa shape index (κ3) is 73.0. The summed E-state index contributed by atoms with van der Waals surface area (Å²) in [4.78, 5) is 24.6. The third-order valence-electron chi connectivity index (χ3n) is 18.7. The standard InChI is InChI=1S/C81H155NO5/c1-3-5-7-9-11-13-15-17-19-21-22-23-24-33-36-39-42-45-49-53-57-61-65-69-73-79(84)78(77-83)82-80(85)74-70-66-62-58-54-50-46-43-40-37-34-31-29-27-25-26-28-30-32-35-38-41-44-48-52-56-60-64-68-72-76-87-81(86)75-71-67-63-59-55-51-47-20-18-16-14-12-10-8-6-4-2/h14,16,20,47,69,73,78-79,83-84H,3-13,15,17-19,21-46,48-68,70-72,74-77H2,1-2H3,(H,82,85)/b16-14-,47-20-,73-69+. The van der Waals surface area contributed by atoms with Gasteiger partial charge in [-0.1, -0.05) is 403 Å². The minimum Gasteiger partial charge on any atom is -0.466 e. The summed E-state index contributed by atoms with van der Waals surface area (Å²) < 4.78 is 5.50. The minimum absolute atomic E-state index is 0.00706. The van der Waals surface area contributed by atoms with Crippen molar-refractivity contribution in [2.24, 2.45) is 0 Å².